The largest absolute Gasteiger partial charge is 0.496 e. The van der Waals surface area contributed by atoms with Crippen LogP contribution < -0.4 is 56.8 Å². The normalized spacial score (nSPS) is 11.4. The van der Waals surface area contributed by atoms with E-state index in [2.05, 4.69) is 102 Å². The van der Waals surface area contributed by atoms with Crippen LogP contribution >= 0.6 is 34.0 Å². The van der Waals surface area contributed by atoms with Crippen LogP contribution in [0.15, 0.2) is 146 Å². The fourth-order valence-electron chi connectivity index (χ4n) is 15.1. The molecule has 0 atom stereocenters. The van der Waals surface area contributed by atoms with Crippen LogP contribution in [0.5, 0.6) is 69.0 Å². The maximum atomic E-state index is 6.61. The molecule has 0 aliphatic rings. The molecule has 0 spiro atoms. The van der Waals surface area contributed by atoms with E-state index >= 15 is 0 Å². The first-order valence-electron chi connectivity index (χ1n) is 46.3. The van der Waals surface area contributed by atoms with E-state index in [-0.39, 0.29) is 10.8 Å². The monoisotopic (exact) mass is 1940 g/mol. The molecule has 27 heteroatoms. The molecule has 0 amide bonds. The van der Waals surface area contributed by atoms with Crippen molar-refractivity contribution in [2.75, 3.05) is 191 Å². The Morgan fingerprint density at radius 3 is 0.628 bits per heavy atom. The number of hydrogen-bond acceptors (Lipinski definition) is 27. The van der Waals surface area contributed by atoms with E-state index in [0.717, 1.165) is 175 Å². The zero-order valence-corrected chi connectivity index (χ0v) is 87.3. The third-order valence-corrected chi connectivity index (χ3v) is 26.0. The average Bonchev–Trinajstić information content (AvgIpc) is 1.61. The van der Waals surface area contributed by atoms with Gasteiger partial charge in [0, 0.05) is 105 Å². The maximum absolute atomic E-state index is 6.61. The minimum Gasteiger partial charge on any atom is -0.496 e. The van der Waals surface area contributed by atoms with Crippen LogP contribution in [0.4, 0.5) is 0 Å². The van der Waals surface area contributed by atoms with Crippen LogP contribution in [0.25, 0.3) is 62.6 Å². The lowest BCUT2D eigenvalue weighted by Crippen LogP contribution is -2.12. The van der Waals surface area contributed by atoms with Crippen LogP contribution in [0.2, 0.25) is 0 Å². The number of thiophene rings is 3. The average molecular weight is 1950 g/mol. The third-order valence-electron chi connectivity index (χ3n) is 22.0. The van der Waals surface area contributed by atoms with Crippen molar-refractivity contribution in [2.24, 2.45) is 0 Å². The van der Waals surface area contributed by atoms with Crippen molar-refractivity contribution in [1.29, 1.82) is 0 Å². The van der Waals surface area contributed by atoms with Gasteiger partial charge < -0.3 is 114 Å². The second-order valence-corrected chi connectivity index (χ2v) is 36.7. The van der Waals surface area contributed by atoms with Gasteiger partial charge in [0.1, 0.15) is 82.2 Å². The minimum atomic E-state index is -0.109. The highest BCUT2D eigenvalue weighted by molar-refractivity contribution is 7.20. The molecular formula is C110H144O24S3. The van der Waals surface area contributed by atoms with Crippen molar-refractivity contribution in [3.63, 3.8) is 0 Å². The Labute approximate surface area is 824 Å². The Morgan fingerprint density at radius 1 is 0.219 bits per heavy atom. The second-order valence-electron chi connectivity index (χ2n) is 33.7. The van der Waals surface area contributed by atoms with Gasteiger partial charge in [0.05, 0.1) is 221 Å². The van der Waals surface area contributed by atoms with Gasteiger partial charge in [-0.15, -0.1) is 34.0 Å². The highest BCUT2D eigenvalue weighted by Crippen LogP contribution is 2.58. The lowest BCUT2D eigenvalue weighted by atomic mass is 9.85. The summed E-state index contributed by atoms with van der Waals surface area (Å²) in [6.07, 6.45) is 0. The molecule has 0 bridgehead atoms. The molecule has 137 heavy (non-hydrogen) atoms. The summed E-state index contributed by atoms with van der Waals surface area (Å²) >= 11 is 4.88. The van der Waals surface area contributed by atoms with Crippen molar-refractivity contribution in [1.82, 2.24) is 0 Å². The van der Waals surface area contributed by atoms with E-state index < -0.39 is 0 Å². The predicted molar refractivity (Wildman–Crippen MR) is 547 cm³/mol. The van der Waals surface area contributed by atoms with Gasteiger partial charge in [-0.1, -0.05) is 114 Å². The highest BCUT2D eigenvalue weighted by Gasteiger charge is 2.35. The molecule has 3 heterocycles. The van der Waals surface area contributed by atoms with Crippen LogP contribution in [0.3, 0.4) is 0 Å². The van der Waals surface area contributed by atoms with Gasteiger partial charge in [-0.3, -0.25) is 0 Å². The first-order valence-corrected chi connectivity index (χ1v) is 48.8. The summed E-state index contributed by atoms with van der Waals surface area (Å²) in [6.45, 7) is 35.4. The molecule has 11 aromatic rings. The SMILES string of the molecule is CCOc1cccc(OCC)c1-c1sc(-c2c(OCC)cccc2OCC)c(COCCOC)c1COCCOC.COCCOCc1c(-c2c(OC)cc(C(C)(C)C)cc2OC)sc(-c2c(OC)cc(C(C)(C)C)cc2OC)c1COCCOC.COCCOCc1c(-c2c(OC)cc(C)cc2OCc2ccccc2)sc(-c2c(OC)cc(C)cc2OCc2ccccc2)c1COCCOC. The summed E-state index contributed by atoms with van der Waals surface area (Å²) in [5.41, 5.74) is 17.3. The molecule has 0 N–H and O–H groups in total. The van der Waals surface area contributed by atoms with Crippen molar-refractivity contribution < 1.29 is 114 Å². The molecular weight excluding hydrogens is 1800 g/mol. The van der Waals surface area contributed by atoms with E-state index in [4.69, 9.17) is 114 Å². The smallest absolute Gasteiger partial charge is 0.132 e. The van der Waals surface area contributed by atoms with Crippen LogP contribution in [0.1, 0.15) is 136 Å². The Bertz CT molecular complexity index is 5030. The quantitative estimate of drug-likeness (QED) is 0.0323. The van der Waals surface area contributed by atoms with Crippen molar-refractivity contribution >= 4 is 34.0 Å². The second kappa shape index (κ2) is 57.5. The van der Waals surface area contributed by atoms with Gasteiger partial charge in [0.25, 0.3) is 0 Å². The summed E-state index contributed by atoms with van der Waals surface area (Å²) in [6, 6.07) is 48.7. The van der Waals surface area contributed by atoms with E-state index in [1.54, 1.807) is 119 Å². The van der Waals surface area contributed by atoms with Crippen molar-refractivity contribution in [2.45, 2.75) is 147 Å². The Kier molecular flexibility index (Phi) is 46.4. The number of rotatable bonds is 56. The van der Waals surface area contributed by atoms with Crippen molar-refractivity contribution in [3.8, 4) is 132 Å². The van der Waals surface area contributed by atoms with Gasteiger partial charge >= 0.3 is 0 Å². The van der Waals surface area contributed by atoms with Crippen molar-refractivity contribution in [3.05, 3.63) is 212 Å². The lowest BCUT2D eigenvalue weighted by Gasteiger charge is -2.23. The molecule has 0 aliphatic heterocycles. The summed E-state index contributed by atoms with van der Waals surface area (Å²) in [5, 5.41) is 0. The van der Waals surface area contributed by atoms with Gasteiger partial charge in [-0.25, -0.2) is 0 Å². The van der Waals surface area contributed by atoms with E-state index in [1.165, 1.54) is 0 Å². The van der Waals surface area contributed by atoms with Gasteiger partial charge in [-0.2, -0.15) is 0 Å². The molecule has 746 valence electrons. The summed E-state index contributed by atoms with van der Waals surface area (Å²) in [7, 11) is 20.2. The Hall–Kier alpha value is -10.0. The molecule has 24 nitrogen and oxygen atoms in total. The van der Waals surface area contributed by atoms with Gasteiger partial charge in [0.15, 0.2) is 0 Å². The Morgan fingerprint density at radius 2 is 0.423 bits per heavy atom. The molecule has 0 saturated heterocycles. The number of ether oxygens (including phenoxy) is 24. The van der Waals surface area contributed by atoms with E-state index in [0.29, 0.717) is 182 Å². The summed E-state index contributed by atoms with van der Waals surface area (Å²) < 4.78 is 143. The first kappa shape index (κ1) is 111. The summed E-state index contributed by atoms with van der Waals surface area (Å²) in [4.78, 5) is 5.80. The number of methoxy groups -OCH3 is 12. The highest BCUT2D eigenvalue weighted by atomic mass is 32.1. The van der Waals surface area contributed by atoms with Gasteiger partial charge in [0.2, 0.25) is 0 Å². The molecule has 0 fully saturated rings. The number of hydrogen-bond donors (Lipinski definition) is 0. The molecule has 3 aromatic heterocycles. The van der Waals surface area contributed by atoms with Crippen LogP contribution in [-0.4, -0.2) is 191 Å². The lowest BCUT2D eigenvalue weighted by molar-refractivity contribution is 0.0539. The molecule has 8 aromatic carbocycles. The minimum absolute atomic E-state index is 0.109. The summed E-state index contributed by atoms with van der Waals surface area (Å²) in [5.74, 6) is 8.71. The molecule has 0 radical (unpaired) electrons. The molecule has 0 unspecified atom stereocenters. The van der Waals surface area contributed by atoms with Crippen LogP contribution in [-0.2, 0) is 121 Å². The van der Waals surface area contributed by atoms with E-state index in [1.807, 2.05) is 126 Å². The molecule has 11 rings (SSSR count). The number of benzene rings is 8. The zero-order valence-electron chi connectivity index (χ0n) is 84.8. The fourth-order valence-corrected chi connectivity index (χ4v) is 19.4. The molecule has 0 saturated carbocycles. The zero-order chi connectivity index (χ0) is 98.8. The fraction of sp³-hybridized carbons (Fsp3) is 0.455. The molecule has 0 aliphatic carbocycles. The van der Waals surface area contributed by atoms with Gasteiger partial charge in [-0.05, 0) is 159 Å². The third kappa shape index (κ3) is 30.5. The van der Waals surface area contributed by atoms with Crippen LogP contribution in [0, 0.1) is 13.8 Å². The Balaban J connectivity index is 0.000000232. The maximum Gasteiger partial charge on any atom is 0.132 e. The predicted octanol–water partition coefficient (Wildman–Crippen LogP) is 24.2. The van der Waals surface area contributed by atoms with E-state index in [9.17, 15) is 0 Å². The standard InChI is InChI=1S/C42H48O8S.C36H52O8S.C32H44O8S/c1-29-21-35(45-5)39(37(23-29)49-25-31-13-9-7-10-14-31)41-33(27-47-19-17-43-3)34(28-48-20-18-44-4)42(51-41)40-36(46-6)22-30(2)24-38(40)50-26-32-15-11-8-12-16-32;1-35(2,3)23-17-27(39-9)31(28(18-23)40-10)33-25(21-43-15-13-37-7)26(22-44-16-14-38-8)34(45-33)32-29(41-11)19-24(36(4,5)6)20-30(32)42-12;1-7-37-25-13-11-14-26(38-8-2)29(25)31-23(21-35-19-17-33-5)24(22-36-20-18-34-6)32(41-31)30-27(39-9-3)15-12-16-28(30)40-10-4/h7-16,21-24H,17-20,25-28H2,1-6H3;17-20H,13-16,21-22H2,1-12H3;11-16H,7-10,17-22H2,1-6H3. The first-order chi connectivity index (χ1) is 66.5. The number of aryl methyl sites for hydroxylation is 2. The topological polar surface area (TPSA) is 222 Å².